The van der Waals surface area contributed by atoms with Crippen molar-refractivity contribution in [2.24, 2.45) is 0 Å². The minimum absolute atomic E-state index is 0.126. The third-order valence-corrected chi connectivity index (χ3v) is 4.50. The minimum Gasteiger partial charge on any atom is -0.497 e. The SMILES string of the molecule is COc1ccc(CCNS(=O)(=O)c2c[nH]c(CO)c2)cc1. The molecule has 0 unspecified atom stereocenters. The normalized spacial score (nSPS) is 11.5. The highest BCUT2D eigenvalue weighted by atomic mass is 32.2. The second-order valence-electron chi connectivity index (χ2n) is 4.51. The Morgan fingerprint density at radius 2 is 2.00 bits per heavy atom. The molecule has 6 nitrogen and oxygen atoms in total. The van der Waals surface area contributed by atoms with E-state index in [4.69, 9.17) is 9.84 Å². The molecule has 114 valence electrons. The van der Waals surface area contributed by atoms with Crippen LogP contribution in [0, 0.1) is 0 Å². The highest BCUT2D eigenvalue weighted by Crippen LogP contribution is 2.13. The van der Waals surface area contributed by atoms with Gasteiger partial charge < -0.3 is 14.8 Å². The predicted octanol–water partition coefficient (Wildman–Crippen LogP) is 1.04. The Bertz CT molecular complexity index is 677. The number of ether oxygens (including phenoxy) is 1. The molecule has 1 aromatic heterocycles. The summed E-state index contributed by atoms with van der Waals surface area (Å²) in [5.41, 5.74) is 1.48. The summed E-state index contributed by atoms with van der Waals surface area (Å²) in [6, 6.07) is 8.88. The Kier molecular flexibility index (Phi) is 5.00. The summed E-state index contributed by atoms with van der Waals surface area (Å²) in [6.45, 7) is 0.0790. The van der Waals surface area contributed by atoms with Crippen molar-refractivity contribution >= 4 is 10.0 Å². The molecule has 2 rings (SSSR count). The first-order chi connectivity index (χ1) is 10.0. The van der Waals surface area contributed by atoms with Crippen LogP contribution in [0.4, 0.5) is 0 Å². The standard InChI is InChI=1S/C14H18N2O4S/c1-20-13-4-2-11(3-5-13)6-7-16-21(18,19)14-8-12(10-17)15-9-14/h2-5,8-9,15-17H,6-7,10H2,1H3. The van der Waals surface area contributed by atoms with Gasteiger partial charge >= 0.3 is 0 Å². The zero-order chi connectivity index (χ0) is 15.3. The molecule has 2 aromatic rings. The van der Waals surface area contributed by atoms with Gasteiger partial charge in [0.1, 0.15) is 5.75 Å². The second kappa shape index (κ2) is 6.75. The lowest BCUT2D eigenvalue weighted by Crippen LogP contribution is -2.25. The van der Waals surface area contributed by atoms with Crippen molar-refractivity contribution in [1.82, 2.24) is 9.71 Å². The van der Waals surface area contributed by atoms with E-state index in [1.165, 1.54) is 12.3 Å². The predicted molar refractivity (Wildman–Crippen MR) is 78.6 cm³/mol. The highest BCUT2D eigenvalue weighted by Gasteiger charge is 2.15. The van der Waals surface area contributed by atoms with E-state index >= 15 is 0 Å². The number of aromatic amines is 1. The zero-order valence-electron chi connectivity index (χ0n) is 11.7. The molecular formula is C14H18N2O4S. The maximum atomic E-state index is 12.0. The molecule has 0 fully saturated rings. The maximum Gasteiger partial charge on any atom is 0.242 e. The van der Waals surface area contributed by atoms with Crippen LogP contribution in [-0.2, 0) is 23.1 Å². The minimum atomic E-state index is -3.55. The van der Waals surface area contributed by atoms with Gasteiger partial charge in [0.15, 0.2) is 0 Å². The van der Waals surface area contributed by atoms with Crippen LogP contribution < -0.4 is 9.46 Å². The molecule has 0 aliphatic heterocycles. The summed E-state index contributed by atoms with van der Waals surface area (Å²) in [5, 5.41) is 8.93. The average Bonchev–Trinajstić information content (AvgIpc) is 2.98. The van der Waals surface area contributed by atoms with E-state index in [0.717, 1.165) is 11.3 Å². The summed E-state index contributed by atoms with van der Waals surface area (Å²) < 4.78 is 31.6. The van der Waals surface area contributed by atoms with Crippen LogP contribution >= 0.6 is 0 Å². The number of hydrogen-bond donors (Lipinski definition) is 3. The summed E-state index contributed by atoms with van der Waals surface area (Å²) in [7, 11) is -1.95. The monoisotopic (exact) mass is 310 g/mol. The van der Waals surface area contributed by atoms with Gasteiger partial charge in [-0.1, -0.05) is 12.1 Å². The number of aromatic nitrogens is 1. The fourth-order valence-corrected chi connectivity index (χ4v) is 2.92. The van der Waals surface area contributed by atoms with E-state index in [2.05, 4.69) is 9.71 Å². The molecule has 0 aliphatic rings. The molecule has 0 aliphatic carbocycles. The number of hydrogen-bond acceptors (Lipinski definition) is 4. The number of benzene rings is 1. The molecule has 3 N–H and O–H groups in total. The van der Waals surface area contributed by atoms with Crippen LogP contribution in [0.15, 0.2) is 41.4 Å². The summed E-state index contributed by atoms with van der Waals surface area (Å²) in [5.74, 6) is 0.767. The van der Waals surface area contributed by atoms with Crippen LogP contribution in [0.5, 0.6) is 5.75 Å². The molecular weight excluding hydrogens is 292 g/mol. The second-order valence-corrected chi connectivity index (χ2v) is 6.28. The Hall–Kier alpha value is -1.83. The first-order valence-electron chi connectivity index (χ1n) is 6.46. The summed E-state index contributed by atoms with van der Waals surface area (Å²) in [6.07, 6.45) is 1.95. The Balaban J connectivity index is 1.92. The molecule has 0 bridgehead atoms. The fraction of sp³-hybridized carbons (Fsp3) is 0.286. The number of H-pyrrole nitrogens is 1. The van der Waals surface area contributed by atoms with Crippen LogP contribution in [0.25, 0.3) is 0 Å². The molecule has 21 heavy (non-hydrogen) atoms. The van der Waals surface area contributed by atoms with Gasteiger partial charge in [-0.15, -0.1) is 0 Å². The van der Waals surface area contributed by atoms with Gasteiger partial charge in [-0.2, -0.15) is 0 Å². The molecule has 1 heterocycles. The van der Waals surface area contributed by atoms with Crippen molar-refractivity contribution in [2.45, 2.75) is 17.9 Å². The summed E-state index contributed by atoms with van der Waals surface area (Å²) in [4.78, 5) is 2.83. The van der Waals surface area contributed by atoms with Crippen molar-refractivity contribution in [3.05, 3.63) is 47.8 Å². The van der Waals surface area contributed by atoms with Crippen LogP contribution in [0.2, 0.25) is 0 Å². The van der Waals surface area contributed by atoms with Crippen molar-refractivity contribution < 1.29 is 18.3 Å². The van der Waals surface area contributed by atoms with Gasteiger partial charge in [0.05, 0.1) is 18.6 Å². The molecule has 7 heteroatoms. The molecule has 1 aromatic carbocycles. The lowest BCUT2D eigenvalue weighted by atomic mass is 10.1. The highest BCUT2D eigenvalue weighted by molar-refractivity contribution is 7.89. The number of nitrogens with one attached hydrogen (secondary N) is 2. The first kappa shape index (κ1) is 15.6. The van der Waals surface area contributed by atoms with Crippen LogP contribution in [0.3, 0.4) is 0 Å². The van der Waals surface area contributed by atoms with Gasteiger partial charge in [-0.25, -0.2) is 13.1 Å². The van der Waals surface area contributed by atoms with Crippen molar-refractivity contribution in [3.8, 4) is 5.75 Å². The van der Waals surface area contributed by atoms with E-state index in [1.54, 1.807) is 7.11 Å². The first-order valence-corrected chi connectivity index (χ1v) is 7.94. The number of aliphatic hydroxyl groups is 1. The van der Waals surface area contributed by atoms with Gasteiger partial charge in [0.25, 0.3) is 0 Å². The largest absolute Gasteiger partial charge is 0.497 e. The van der Waals surface area contributed by atoms with Crippen molar-refractivity contribution in [2.75, 3.05) is 13.7 Å². The third kappa shape index (κ3) is 4.07. The average molecular weight is 310 g/mol. The van der Waals surface area contributed by atoms with Crippen LogP contribution in [-0.4, -0.2) is 32.2 Å². The van der Waals surface area contributed by atoms with Gasteiger partial charge in [-0.05, 0) is 30.2 Å². The van der Waals surface area contributed by atoms with Gasteiger partial charge in [0, 0.05) is 18.4 Å². The zero-order valence-corrected chi connectivity index (χ0v) is 12.5. The molecule has 0 spiro atoms. The van der Waals surface area contributed by atoms with Gasteiger partial charge in [-0.3, -0.25) is 0 Å². The van der Waals surface area contributed by atoms with E-state index in [1.807, 2.05) is 24.3 Å². The lowest BCUT2D eigenvalue weighted by molar-refractivity contribution is 0.277. The Morgan fingerprint density at radius 1 is 1.29 bits per heavy atom. The van der Waals surface area contributed by atoms with E-state index in [0.29, 0.717) is 18.7 Å². The maximum absolute atomic E-state index is 12.0. The molecule has 0 amide bonds. The smallest absolute Gasteiger partial charge is 0.242 e. The Labute approximate surface area is 123 Å². The molecule has 0 radical (unpaired) electrons. The van der Waals surface area contributed by atoms with Gasteiger partial charge in [0.2, 0.25) is 10.0 Å². The fourth-order valence-electron chi connectivity index (χ4n) is 1.87. The Morgan fingerprint density at radius 3 is 2.57 bits per heavy atom. The van der Waals surface area contributed by atoms with Crippen molar-refractivity contribution in [3.63, 3.8) is 0 Å². The van der Waals surface area contributed by atoms with E-state index in [-0.39, 0.29) is 11.5 Å². The van der Waals surface area contributed by atoms with E-state index < -0.39 is 10.0 Å². The van der Waals surface area contributed by atoms with E-state index in [9.17, 15) is 8.42 Å². The quantitative estimate of drug-likeness (QED) is 0.712. The topological polar surface area (TPSA) is 91.4 Å². The molecule has 0 saturated carbocycles. The number of rotatable bonds is 7. The third-order valence-electron chi connectivity index (χ3n) is 3.06. The number of sulfonamides is 1. The number of methoxy groups -OCH3 is 1. The lowest BCUT2D eigenvalue weighted by Gasteiger charge is -2.06. The van der Waals surface area contributed by atoms with Crippen LogP contribution in [0.1, 0.15) is 11.3 Å². The molecule has 0 saturated heterocycles. The molecule has 0 atom stereocenters. The summed E-state index contributed by atoms with van der Waals surface area (Å²) >= 11 is 0. The van der Waals surface area contributed by atoms with Crippen molar-refractivity contribution in [1.29, 1.82) is 0 Å². The number of aliphatic hydroxyl groups excluding tert-OH is 1.